The number of carbonyl (C=O) groups excluding carboxylic acids is 2. The second kappa shape index (κ2) is 13.2. The number of likely N-dealkylation sites (N-methyl/N-ethyl adjacent to an activating group) is 1. The molecule has 3 rings (SSSR count). The third-order valence-electron chi connectivity index (χ3n) is 6.36. The second-order valence-corrected chi connectivity index (χ2v) is 9.59. The fourth-order valence-electron chi connectivity index (χ4n) is 4.01. The maximum Gasteiger partial charge on any atom is 0.321 e. The molecule has 4 atom stereocenters. The fraction of sp³-hybridized carbons (Fsp3) is 0.464. The minimum Gasteiger partial charge on any atom is -0.472 e. The van der Waals surface area contributed by atoms with Crippen LogP contribution in [0.4, 0.5) is 14.9 Å². The first-order valence-corrected chi connectivity index (χ1v) is 12.7. The van der Waals surface area contributed by atoms with E-state index in [0.29, 0.717) is 17.7 Å². The van der Waals surface area contributed by atoms with Crippen molar-refractivity contribution in [3.63, 3.8) is 0 Å². The topological polar surface area (TPSA) is 115 Å². The summed E-state index contributed by atoms with van der Waals surface area (Å²) in [6.07, 6.45) is 1.49. The molecule has 1 aliphatic rings. The number of carbonyl (C=O) groups is 2. The number of urea groups is 1. The van der Waals surface area contributed by atoms with Crippen molar-refractivity contribution in [2.75, 3.05) is 32.1 Å². The van der Waals surface area contributed by atoms with Gasteiger partial charge in [-0.25, -0.2) is 14.2 Å². The van der Waals surface area contributed by atoms with Crippen molar-refractivity contribution in [3.8, 4) is 17.7 Å². The number of rotatable bonds is 7. The van der Waals surface area contributed by atoms with E-state index >= 15 is 0 Å². The summed E-state index contributed by atoms with van der Waals surface area (Å²) < 4.78 is 19.4. The van der Waals surface area contributed by atoms with Crippen LogP contribution in [0.15, 0.2) is 36.5 Å². The number of hydrogen-bond donors (Lipinski definition) is 3. The molecule has 9 nitrogen and oxygen atoms in total. The van der Waals surface area contributed by atoms with Crippen LogP contribution >= 0.6 is 0 Å². The number of aliphatic hydroxyl groups excluding tert-OH is 2. The molecule has 0 bridgehead atoms. The van der Waals surface area contributed by atoms with E-state index in [4.69, 9.17) is 4.74 Å². The molecule has 0 saturated carbocycles. The molecular weight excluding hydrogens is 491 g/mol. The van der Waals surface area contributed by atoms with Gasteiger partial charge in [-0.1, -0.05) is 32.1 Å². The Hall–Kier alpha value is -3.68. The Morgan fingerprint density at radius 2 is 2.11 bits per heavy atom. The maximum absolute atomic E-state index is 13.5. The Morgan fingerprint density at radius 1 is 1.39 bits per heavy atom. The third kappa shape index (κ3) is 7.43. The quantitative estimate of drug-likeness (QED) is 0.467. The minimum atomic E-state index is -0.776. The highest BCUT2D eigenvalue weighted by Crippen LogP contribution is 2.27. The number of pyridine rings is 1. The average Bonchev–Trinajstić information content (AvgIpc) is 2.90. The first-order valence-electron chi connectivity index (χ1n) is 12.7. The minimum absolute atomic E-state index is 0. The number of aromatic nitrogens is 1. The van der Waals surface area contributed by atoms with Crippen molar-refractivity contribution >= 4 is 17.6 Å². The molecule has 10 heteroatoms. The number of aliphatic hydroxyl groups is 2. The van der Waals surface area contributed by atoms with Gasteiger partial charge in [0.15, 0.2) is 0 Å². The summed E-state index contributed by atoms with van der Waals surface area (Å²) in [5.74, 6) is 4.77. The van der Waals surface area contributed by atoms with Crippen LogP contribution in [0.5, 0.6) is 5.88 Å². The summed E-state index contributed by atoms with van der Waals surface area (Å²) in [7, 11) is 1.61. The molecule has 1 aliphatic heterocycles. The molecule has 1 aromatic heterocycles. The number of nitrogens with zero attached hydrogens (tertiary/aromatic N) is 3. The molecule has 210 valence electrons. The van der Waals surface area contributed by atoms with Crippen molar-refractivity contribution < 1.29 is 33.2 Å². The monoisotopic (exact) mass is 532 g/mol. The average molecular weight is 533 g/mol. The molecule has 0 fully saturated rings. The highest BCUT2D eigenvalue weighted by Gasteiger charge is 2.34. The van der Waals surface area contributed by atoms with E-state index in [2.05, 4.69) is 22.1 Å². The lowest BCUT2D eigenvalue weighted by Gasteiger charge is -2.37. The molecule has 3 N–H and O–H groups in total. The van der Waals surface area contributed by atoms with Crippen LogP contribution in [0.3, 0.4) is 0 Å². The highest BCUT2D eigenvalue weighted by atomic mass is 19.1. The van der Waals surface area contributed by atoms with Crippen LogP contribution in [-0.4, -0.2) is 81.9 Å². The predicted molar refractivity (Wildman–Crippen MR) is 148 cm³/mol. The van der Waals surface area contributed by atoms with E-state index in [-0.39, 0.29) is 47.2 Å². The Morgan fingerprint density at radius 3 is 2.76 bits per heavy atom. The van der Waals surface area contributed by atoms with Gasteiger partial charge in [-0.05, 0) is 43.7 Å². The van der Waals surface area contributed by atoms with Crippen LogP contribution < -0.4 is 10.1 Å². The van der Waals surface area contributed by atoms with Crippen LogP contribution in [0.25, 0.3) is 0 Å². The molecule has 0 aliphatic carbocycles. The summed E-state index contributed by atoms with van der Waals surface area (Å²) in [5, 5.41) is 22.5. The molecule has 1 unspecified atom stereocenters. The van der Waals surface area contributed by atoms with Gasteiger partial charge in [0.1, 0.15) is 23.6 Å². The zero-order chi connectivity index (χ0) is 27.8. The Kier molecular flexibility index (Phi) is 10.0. The predicted octanol–water partition coefficient (Wildman–Crippen LogP) is 3.86. The summed E-state index contributed by atoms with van der Waals surface area (Å²) in [6, 6.07) is 6.17. The number of nitrogens with one attached hydrogen (secondary N) is 1. The van der Waals surface area contributed by atoms with Gasteiger partial charge in [0.2, 0.25) is 5.88 Å². The molecule has 0 spiro atoms. The smallest absolute Gasteiger partial charge is 0.321 e. The number of hydrogen-bond acceptors (Lipinski definition) is 6. The zero-order valence-corrected chi connectivity index (χ0v) is 22.1. The summed E-state index contributed by atoms with van der Waals surface area (Å²) in [4.78, 5) is 33.6. The molecular formula is C28H41FN4O5. The van der Waals surface area contributed by atoms with Gasteiger partial charge in [0.25, 0.3) is 5.91 Å². The van der Waals surface area contributed by atoms with Gasteiger partial charge in [-0.3, -0.25) is 4.79 Å². The number of amides is 3. The van der Waals surface area contributed by atoms with Crippen LogP contribution in [0.2, 0.25) is 0 Å². The Labute approximate surface area is 227 Å². The van der Waals surface area contributed by atoms with Crippen molar-refractivity contribution in [1.82, 2.24) is 14.8 Å². The van der Waals surface area contributed by atoms with Crippen LogP contribution in [-0.2, 0) is 0 Å². The normalized spacial score (nSPS) is 18.6. The van der Waals surface area contributed by atoms with Crippen molar-refractivity contribution in [2.24, 2.45) is 5.92 Å². The molecule has 0 saturated heterocycles. The molecule has 2 aromatic rings. The van der Waals surface area contributed by atoms with E-state index < -0.39 is 30.1 Å². The molecule has 1 aromatic carbocycles. The zero-order valence-electron chi connectivity index (χ0n) is 22.1. The van der Waals surface area contributed by atoms with E-state index in [1.807, 2.05) is 13.8 Å². The van der Waals surface area contributed by atoms with Crippen molar-refractivity contribution in [3.05, 3.63) is 53.5 Å². The lowest BCUT2D eigenvalue weighted by molar-refractivity contribution is 0.0356. The standard InChI is InChI=1S/C28H35FN4O5.3H2/c1-5-6-23(35)12-7-20-13-24-26(30-14-20)38-25(18(2)15-33(27(24)36)19(3)17-34)16-32(4)28(37)31-22-10-8-21(29)9-11-22;;;/h8-11,13-14,18-19,23,25,34-35H,5-6,15-17H2,1-4H3,(H,31,37);3*1H/t18-,19+,23?,25-;;;/m0.../s1. The molecule has 3 amide bonds. The lowest BCUT2D eigenvalue weighted by Crippen LogP contribution is -2.50. The second-order valence-electron chi connectivity index (χ2n) is 9.59. The van der Waals surface area contributed by atoms with Gasteiger partial charge < -0.3 is 30.1 Å². The van der Waals surface area contributed by atoms with Gasteiger partial charge in [0.05, 0.1) is 19.2 Å². The van der Waals surface area contributed by atoms with Crippen molar-refractivity contribution in [1.29, 1.82) is 0 Å². The maximum atomic E-state index is 13.5. The number of anilines is 1. The van der Waals surface area contributed by atoms with E-state index in [9.17, 15) is 24.2 Å². The number of halogens is 1. The molecule has 38 heavy (non-hydrogen) atoms. The van der Waals surface area contributed by atoms with Gasteiger partial charge >= 0.3 is 6.03 Å². The first-order chi connectivity index (χ1) is 18.1. The third-order valence-corrected chi connectivity index (χ3v) is 6.36. The van der Waals surface area contributed by atoms with Crippen molar-refractivity contribution in [2.45, 2.75) is 51.9 Å². The molecule has 2 heterocycles. The van der Waals surface area contributed by atoms with Gasteiger partial charge in [0, 0.05) is 41.2 Å². The summed E-state index contributed by atoms with van der Waals surface area (Å²) in [6.45, 7) is 5.84. The number of ether oxygens (including phenoxy) is 1. The largest absolute Gasteiger partial charge is 0.472 e. The summed E-state index contributed by atoms with van der Waals surface area (Å²) in [5.41, 5.74) is 1.10. The van der Waals surface area contributed by atoms with Gasteiger partial charge in [-0.15, -0.1) is 0 Å². The fourth-order valence-corrected chi connectivity index (χ4v) is 4.01. The van der Waals surface area contributed by atoms with E-state index in [0.717, 1.165) is 6.42 Å². The SMILES string of the molecule is CCCC(O)C#Cc1cnc2c(c1)C(=O)N([C@H](C)CO)C[C@H](C)[C@H](CN(C)C(=O)Nc1ccc(F)cc1)O2.[HH].[HH].[HH]. The molecule has 0 radical (unpaired) electrons. The number of benzene rings is 1. The van der Waals surface area contributed by atoms with Gasteiger partial charge in [-0.2, -0.15) is 0 Å². The van der Waals surface area contributed by atoms with Crippen LogP contribution in [0.1, 0.15) is 53.8 Å². The van der Waals surface area contributed by atoms with Crippen LogP contribution in [0, 0.1) is 23.6 Å². The van der Waals surface area contributed by atoms with E-state index in [1.54, 1.807) is 24.9 Å². The highest BCUT2D eigenvalue weighted by molar-refractivity contribution is 5.97. The Balaban J connectivity index is 0.00000533. The van der Waals surface area contributed by atoms with E-state index in [1.165, 1.54) is 35.4 Å². The first kappa shape index (κ1) is 28.9. The summed E-state index contributed by atoms with van der Waals surface area (Å²) >= 11 is 0. The number of fused-ring (bicyclic) bond motifs is 1. The Bertz CT molecular complexity index is 1200. The lowest BCUT2D eigenvalue weighted by atomic mass is 10.00.